The Bertz CT molecular complexity index is 629. The number of ether oxygens (including phenoxy) is 1. The number of anilines is 1. The van der Waals surface area contributed by atoms with E-state index in [1.807, 2.05) is 0 Å². The molecule has 2 rings (SSSR count). The summed E-state index contributed by atoms with van der Waals surface area (Å²) in [4.78, 5) is 14.9. The summed E-state index contributed by atoms with van der Waals surface area (Å²) in [6.45, 7) is 6.14. The Hall–Kier alpha value is -2.21. The van der Waals surface area contributed by atoms with Crippen molar-refractivity contribution >= 4 is 22.3 Å². The molecule has 0 amide bonds. The molecule has 1 aromatic heterocycles. The van der Waals surface area contributed by atoms with Crippen molar-refractivity contribution in [1.82, 2.24) is 4.98 Å². The molecule has 1 heterocycles. The van der Waals surface area contributed by atoms with Crippen LogP contribution in [0.5, 0.6) is 0 Å². The molecule has 0 aliphatic heterocycles. The van der Waals surface area contributed by atoms with E-state index in [0.717, 1.165) is 12.3 Å². The third kappa shape index (κ3) is 3.88. The van der Waals surface area contributed by atoms with Crippen LogP contribution in [0.4, 0.5) is 11.4 Å². The fourth-order valence-electron chi connectivity index (χ4n) is 2.04. The summed E-state index contributed by atoms with van der Waals surface area (Å²) in [6.07, 6.45) is 1.63. The van der Waals surface area contributed by atoms with Gasteiger partial charge in [0.05, 0.1) is 22.6 Å². The van der Waals surface area contributed by atoms with Crippen molar-refractivity contribution in [2.45, 2.75) is 13.8 Å². The number of benzene rings is 1. The van der Waals surface area contributed by atoms with Gasteiger partial charge in [-0.15, -0.1) is 0 Å². The lowest BCUT2D eigenvalue weighted by Gasteiger charge is -2.10. The fourth-order valence-corrected chi connectivity index (χ4v) is 2.04. The Labute approximate surface area is 123 Å². The maximum Gasteiger partial charge on any atom is 0.278 e. The van der Waals surface area contributed by atoms with Crippen LogP contribution in [-0.2, 0) is 4.74 Å². The van der Waals surface area contributed by atoms with Gasteiger partial charge in [0.15, 0.2) is 0 Å². The van der Waals surface area contributed by atoms with E-state index in [4.69, 9.17) is 4.74 Å². The molecule has 0 atom stereocenters. The van der Waals surface area contributed by atoms with E-state index in [9.17, 15) is 10.1 Å². The van der Waals surface area contributed by atoms with Crippen LogP contribution in [0.2, 0.25) is 0 Å². The number of aromatic nitrogens is 1. The highest BCUT2D eigenvalue weighted by molar-refractivity contribution is 5.96. The van der Waals surface area contributed by atoms with Crippen LogP contribution < -0.4 is 5.32 Å². The van der Waals surface area contributed by atoms with Crippen LogP contribution >= 0.6 is 0 Å². The smallest absolute Gasteiger partial charge is 0.278 e. The minimum Gasteiger partial charge on any atom is -0.381 e. The molecular weight excluding hydrogens is 270 g/mol. The molecule has 0 aliphatic carbocycles. The van der Waals surface area contributed by atoms with E-state index in [1.165, 1.54) is 6.07 Å². The molecule has 112 valence electrons. The standard InChI is InChI=1S/C15H19N3O3/c1-11(2)10-21-9-8-16-13-5-6-14(18(19)20)12-4-3-7-17-15(12)13/h3-7,11,16H,8-10H2,1-2H3. The zero-order chi connectivity index (χ0) is 15.2. The molecule has 0 unspecified atom stereocenters. The monoisotopic (exact) mass is 289 g/mol. The van der Waals surface area contributed by atoms with Crippen LogP contribution in [0.1, 0.15) is 13.8 Å². The average molecular weight is 289 g/mol. The van der Waals surface area contributed by atoms with Crippen molar-refractivity contribution in [1.29, 1.82) is 0 Å². The van der Waals surface area contributed by atoms with E-state index >= 15 is 0 Å². The van der Waals surface area contributed by atoms with Crippen LogP contribution in [0.3, 0.4) is 0 Å². The highest BCUT2D eigenvalue weighted by atomic mass is 16.6. The minimum atomic E-state index is -0.389. The van der Waals surface area contributed by atoms with Gasteiger partial charge in [-0.05, 0) is 24.1 Å². The molecule has 0 saturated carbocycles. The Morgan fingerprint density at radius 3 is 2.90 bits per heavy atom. The largest absolute Gasteiger partial charge is 0.381 e. The maximum absolute atomic E-state index is 11.0. The number of nitrogens with one attached hydrogen (secondary N) is 1. The highest BCUT2D eigenvalue weighted by Gasteiger charge is 2.14. The van der Waals surface area contributed by atoms with Gasteiger partial charge in [-0.25, -0.2) is 0 Å². The van der Waals surface area contributed by atoms with Crippen molar-refractivity contribution in [3.8, 4) is 0 Å². The lowest BCUT2D eigenvalue weighted by atomic mass is 10.1. The first-order valence-electron chi connectivity index (χ1n) is 6.93. The third-order valence-corrected chi connectivity index (χ3v) is 2.96. The molecule has 0 saturated heterocycles. The van der Waals surface area contributed by atoms with Crippen molar-refractivity contribution in [2.24, 2.45) is 5.92 Å². The SMILES string of the molecule is CC(C)COCCNc1ccc([N+](=O)[O-])c2cccnc12. The summed E-state index contributed by atoms with van der Waals surface area (Å²) in [5.74, 6) is 0.506. The van der Waals surface area contributed by atoms with Crippen LogP contribution in [0.25, 0.3) is 10.9 Å². The number of hydrogen-bond acceptors (Lipinski definition) is 5. The predicted molar refractivity (Wildman–Crippen MR) is 82.5 cm³/mol. The first kappa shape index (κ1) is 15.2. The summed E-state index contributed by atoms with van der Waals surface area (Å²) in [7, 11) is 0. The van der Waals surface area contributed by atoms with Crippen molar-refractivity contribution in [3.05, 3.63) is 40.6 Å². The quantitative estimate of drug-likeness (QED) is 0.481. The first-order valence-corrected chi connectivity index (χ1v) is 6.93. The number of fused-ring (bicyclic) bond motifs is 1. The Balaban J connectivity index is 2.11. The average Bonchev–Trinajstić information content (AvgIpc) is 2.46. The molecule has 6 nitrogen and oxygen atoms in total. The Kier molecular flexibility index (Phi) is 5.05. The summed E-state index contributed by atoms with van der Waals surface area (Å²) in [5.41, 5.74) is 1.46. The van der Waals surface area contributed by atoms with E-state index in [-0.39, 0.29) is 10.6 Å². The Morgan fingerprint density at radius 1 is 1.38 bits per heavy atom. The molecule has 21 heavy (non-hydrogen) atoms. The van der Waals surface area contributed by atoms with Crippen LogP contribution in [0.15, 0.2) is 30.5 Å². The van der Waals surface area contributed by atoms with E-state index < -0.39 is 0 Å². The highest BCUT2D eigenvalue weighted by Crippen LogP contribution is 2.29. The van der Waals surface area contributed by atoms with Gasteiger partial charge in [0.2, 0.25) is 0 Å². The summed E-state index contributed by atoms with van der Waals surface area (Å²) in [6, 6.07) is 6.60. The second-order valence-electron chi connectivity index (χ2n) is 5.18. The second-order valence-corrected chi connectivity index (χ2v) is 5.18. The normalized spacial score (nSPS) is 11.0. The molecule has 0 fully saturated rings. The van der Waals surface area contributed by atoms with Gasteiger partial charge in [0, 0.05) is 25.4 Å². The van der Waals surface area contributed by atoms with E-state index in [0.29, 0.717) is 30.0 Å². The van der Waals surface area contributed by atoms with Gasteiger partial charge in [0.25, 0.3) is 5.69 Å². The molecule has 0 aliphatic rings. The van der Waals surface area contributed by atoms with Gasteiger partial charge in [-0.1, -0.05) is 13.8 Å². The minimum absolute atomic E-state index is 0.0692. The van der Waals surface area contributed by atoms with Crippen molar-refractivity contribution < 1.29 is 9.66 Å². The second kappa shape index (κ2) is 6.99. The van der Waals surface area contributed by atoms with Gasteiger partial charge < -0.3 is 10.1 Å². The summed E-state index contributed by atoms with van der Waals surface area (Å²) in [5, 5.41) is 14.8. The lowest BCUT2D eigenvalue weighted by molar-refractivity contribution is -0.383. The predicted octanol–water partition coefficient (Wildman–Crippen LogP) is 3.23. The number of nitrogens with zero attached hydrogens (tertiary/aromatic N) is 2. The zero-order valence-electron chi connectivity index (χ0n) is 12.2. The molecule has 0 spiro atoms. The van der Waals surface area contributed by atoms with E-state index in [2.05, 4.69) is 24.1 Å². The molecule has 6 heteroatoms. The number of rotatable bonds is 7. The van der Waals surface area contributed by atoms with Crippen molar-refractivity contribution in [3.63, 3.8) is 0 Å². The topological polar surface area (TPSA) is 77.3 Å². The number of nitro benzene ring substituents is 1. The third-order valence-electron chi connectivity index (χ3n) is 2.96. The molecule has 0 bridgehead atoms. The molecule has 1 N–H and O–H groups in total. The van der Waals surface area contributed by atoms with Gasteiger partial charge in [-0.3, -0.25) is 15.1 Å². The lowest BCUT2D eigenvalue weighted by Crippen LogP contribution is -2.12. The van der Waals surface area contributed by atoms with Crippen molar-refractivity contribution in [2.75, 3.05) is 25.1 Å². The fraction of sp³-hybridized carbons (Fsp3) is 0.400. The van der Waals surface area contributed by atoms with Gasteiger partial charge in [0.1, 0.15) is 5.52 Å². The summed E-state index contributed by atoms with van der Waals surface area (Å²) >= 11 is 0. The zero-order valence-corrected chi connectivity index (χ0v) is 12.2. The summed E-state index contributed by atoms with van der Waals surface area (Å²) < 4.78 is 5.50. The number of hydrogen-bond donors (Lipinski definition) is 1. The molecule has 0 radical (unpaired) electrons. The molecule has 2 aromatic rings. The number of pyridine rings is 1. The number of nitro groups is 1. The first-order chi connectivity index (χ1) is 10.1. The van der Waals surface area contributed by atoms with Crippen LogP contribution in [-0.4, -0.2) is 29.7 Å². The van der Waals surface area contributed by atoms with Crippen LogP contribution in [0, 0.1) is 16.0 Å². The van der Waals surface area contributed by atoms with Gasteiger partial charge >= 0.3 is 0 Å². The maximum atomic E-state index is 11.0. The van der Waals surface area contributed by atoms with E-state index in [1.54, 1.807) is 24.4 Å². The molecule has 1 aromatic carbocycles. The Morgan fingerprint density at radius 2 is 2.19 bits per heavy atom. The van der Waals surface area contributed by atoms with Gasteiger partial charge in [-0.2, -0.15) is 0 Å². The number of non-ortho nitro benzene ring substituents is 1. The molecular formula is C15H19N3O3.